The third-order valence-corrected chi connectivity index (χ3v) is 3.16. The molecular weight excluding hydrogens is 322 g/mol. The molecule has 0 aliphatic carbocycles. The molecule has 0 aliphatic heterocycles. The SMILES string of the molecule is CC(=O)c1c[nH]c(C(=O)NNC(=O)COc2ccccc2Cl)c1. The van der Waals surface area contributed by atoms with Gasteiger partial charge in [0.15, 0.2) is 12.4 Å². The molecule has 2 amide bonds. The molecule has 1 aromatic carbocycles. The standard InChI is InChI=1S/C15H14ClN3O4/c1-9(20)10-6-12(17-7-10)15(22)19-18-14(21)8-23-13-5-3-2-4-11(13)16/h2-7,17H,8H2,1H3,(H,18,21)(H,19,22). The van der Waals surface area contributed by atoms with Crippen LogP contribution < -0.4 is 15.6 Å². The molecule has 0 unspecified atom stereocenters. The van der Waals surface area contributed by atoms with Crippen LogP contribution in [0, 0.1) is 0 Å². The van der Waals surface area contributed by atoms with E-state index < -0.39 is 11.8 Å². The molecule has 1 heterocycles. The van der Waals surface area contributed by atoms with Gasteiger partial charge in [0.1, 0.15) is 11.4 Å². The van der Waals surface area contributed by atoms with Gasteiger partial charge in [-0.2, -0.15) is 0 Å². The number of aromatic amines is 1. The van der Waals surface area contributed by atoms with E-state index in [9.17, 15) is 14.4 Å². The Labute approximate surface area is 136 Å². The number of para-hydroxylation sites is 1. The van der Waals surface area contributed by atoms with E-state index in [4.69, 9.17) is 16.3 Å². The molecule has 2 aromatic rings. The fraction of sp³-hybridized carbons (Fsp3) is 0.133. The van der Waals surface area contributed by atoms with Crippen molar-refractivity contribution in [3.8, 4) is 5.75 Å². The predicted octanol–water partition coefficient (Wildman–Crippen LogP) is 1.71. The van der Waals surface area contributed by atoms with Crippen LogP contribution in [0.2, 0.25) is 5.02 Å². The van der Waals surface area contributed by atoms with E-state index in [0.717, 1.165) is 0 Å². The van der Waals surface area contributed by atoms with Crippen molar-refractivity contribution >= 4 is 29.2 Å². The van der Waals surface area contributed by atoms with Crippen LogP contribution >= 0.6 is 11.6 Å². The lowest BCUT2D eigenvalue weighted by molar-refractivity contribution is -0.123. The molecule has 0 saturated heterocycles. The molecular formula is C15H14ClN3O4. The van der Waals surface area contributed by atoms with E-state index in [-0.39, 0.29) is 18.1 Å². The lowest BCUT2D eigenvalue weighted by atomic mass is 10.2. The van der Waals surface area contributed by atoms with E-state index in [1.807, 2.05) is 0 Å². The van der Waals surface area contributed by atoms with Crippen molar-refractivity contribution in [3.63, 3.8) is 0 Å². The summed E-state index contributed by atoms with van der Waals surface area (Å²) >= 11 is 5.88. The van der Waals surface area contributed by atoms with Crippen LogP contribution in [0.4, 0.5) is 0 Å². The highest BCUT2D eigenvalue weighted by molar-refractivity contribution is 6.32. The topological polar surface area (TPSA) is 100 Å². The molecule has 0 aliphatic rings. The highest BCUT2D eigenvalue weighted by atomic mass is 35.5. The maximum Gasteiger partial charge on any atom is 0.286 e. The Morgan fingerprint density at radius 2 is 1.96 bits per heavy atom. The average Bonchev–Trinajstić information content (AvgIpc) is 3.02. The Kier molecular flexibility index (Phi) is 5.37. The number of carbonyl (C=O) groups excluding carboxylic acids is 3. The summed E-state index contributed by atoms with van der Waals surface area (Å²) in [5.41, 5.74) is 4.94. The van der Waals surface area contributed by atoms with Gasteiger partial charge in [0.25, 0.3) is 11.8 Å². The van der Waals surface area contributed by atoms with Crippen LogP contribution in [-0.4, -0.2) is 29.2 Å². The fourth-order valence-electron chi connectivity index (χ4n) is 1.66. The van der Waals surface area contributed by atoms with Crippen molar-refractivity contribution in [3.05, 3.63) is 52.8 Å². The number of halogens is 1. The van der Waals surface area contributed by atoms with Gasteiger partial charge in [0.05, 0.1) is 5.02 Å². The summed E-state index contributed by atoms with van der Waals surface area (Å²) in [6.07, 6.45) is 1.42. The first-order valence-electron chi connectivity index (χ1n) is 6.63. The molecule has 0 fully saturated rings. The predicted molar refractivity (Wildman–Crippen MR) is 83.4 cm³/mol. The van der Waals surface area contributed by atoms with Gasteiger partial charge in [-0.3, -0.25) is 25.2 Å². The van der Waals surface area contributed by atoms with Crippen molar-refractivity contribution in [2.45, 2.75) is 6.92 Å². The van der Waals surface area contributed by atoms with Gasteiger partial charge in [-0.25, -0.2) is 0 Å². The number of benzene rings is 1. The molecule has 0 radical (unpaired) electrons. The number of nitrogens with one attached hydrogen (secondary N) is 3. The largest absolute Gasteiger partial charge is 0.482 e. The van der Waals surface area contributed by atoms with Crippen LogP contribution in [0.1, 0.15) is 27.8 Å². The van der Waals surface area contributed by atoms with Crippen molar-refractivity contribution in [1.82, 2.24) is 15.8 Å². The van der Waals surface area contributed by atoms with Crippen molar-refractivity contribution in [2.24, 2.45) is 0 Å². The minimum atomic E-state index is -0.580. The summed E-state index contributed by atoms with van der Waals surface area (Å²) in [7, 11) is 0. The second-order valence-electron chi connectivity index (χ2n) is 4.58. The molecule has 7 nitrogen and oxygen atoms in total. The number of H-pyrrole nitrogens is 1. The van der Waals surface area contributed by atoms with Crippen molar-refractivity contribution in [1.29, 1.82) is 0 Å². The first-order chi connectivity index (χ1) is 11.0. The van der Waals surface area contributed by atoms with Gasteiger partial charge in [-0.05, 0) is 25.1 Å². The maximum atomic E-state index is 11.8. The number of Topliss-reactive ketones (excluding diaryl/α,β-unsaturated/α-hetero) is 1. The molecule has 2 rings (SSSR count). The zero-order chi connectivity index (χ0) is 16.8. The summed E-state index contributed by atoms with van der Waals surface area (Å²) in [6.45, 7) is 1.08. The third kappa shape index (κ3) is 4.58. The number of hydrogen-bond donors (Lipinski definition) is 3. The van der Waals surface area contributed by atoms with Gasteiger partial charge in [0.2, 0.25) is 0 Å². The summed E-state index contributed by atoms with van der Waals surface area (Å²) < 4.78 is 5.22. The minimum Gasteiger partial charge on any atom is -0.482 e. The monoisotopic (exact) mass is 335 g/mol. The molecule has 0 bridgehead atoms. The summed E-state index contributed by atoms with van der Waals surface area (Å²) in [5.74, 6) is -0.941. The van der Waals surface area contributed by atoms with Crippen LogP contribution in [0.5, 0.6) is 5.75 Å². The quantitative estimate of drug-likeness (QED) is 0.572. The summed E-state index contributed by atoms with van der Waals surface area (Å²) in [4.78, 5) is 37.2. The number of ether oxygens (including phenoxy) is 1. The Balaban J connectivity index is 1.80. The second-order valence-corrected chi connectivity index (χ2v) is 4.99. The maximum absolute atomic E-state index is 11.8. The molecule has 0 saturated carbocycles. The summed E-state index contributed by atoms with van der Waals surface area (Å²) in [5, 5.41) is 0.382. The third-order valence-electron chi connectivity index (χ3n) is 2.85. The number of rotatable bonds is 5. The van der Waals surface area contributed by atoms with Crippen LogP contribution in [0.3, 0.4) is 0 Å². The smallest absolute Gasteiger partial charge is 0.286 e. The van der Waals surface area contributed by atoms with E-state index in [2.05, 4.69) is 15.8 Å². The first-order valence-corrected chi connectivity index (χ1v) is 7.01. The van der Waals surface area contributed by atoms with Gasteiger partial charge in [-0.1, -0.05) is 23.7 Å². The van der Waals surface area contributed by atoms with Crippen LogP contribution in [0.15, 0.2) is 36.5 Å². The molecule has 120 valence electrons. The Hall–Kier alpha value is -2.80. The zero-order valence-electron chi connectivity index (χ0n) is 12.2. The van der Waals surface area contributed by atoms with E-state index in [1.165, 1.54) is 19.2 Å². The number of hydrazine groups is 1. The average molecular weight is 336 g/mol. The number of amides is 2. The number of hydrogen-bond acceptors (Lipinski definition) is 4. The molecule has 8 heteroatoms. The van der Waals surface area contributed by atoms with Crippen molar-refractivity contribution in [2.75, 3.05) is 6.61 Å². The number of carbonyl (C=O) groups is 3. The van der Waals surface area contributed by atoms with E-state index >= 15 is 0 Å². The molecule has 1 aromatic heterocycles. The fourth-order valence-corrected chi connectivity index (χ4v) is 1.85. The van der Waals surface area contributed by atoms with Gasteiger partial charge < -0.3 is 9.72 Å². The summed E-state index contributed by atoms with van der Waals surface area (Å²) in [6, 6.07) is 8.11. The molecule has 23 heavy (non-hydrogen) atoms. The van der Waals surface area contributed by atoms with Gasteiger partial charge in [0, 0.05) is 11.8 Å². The van der Waals surface area contributed by atoms with Crippen molar-refractivity contribution < 1.29 is 19.1 Å². The zero-order valence-corrected chi connectivity index (χ0v) is 12.9. The Morgan fingerprint density at radius 1 is 1.22 bits per heavy atom. The van der Waals surface area contributed by atoms with Gasteiger partial charge >= 0.3 is 0 Å². The highest BCUT2D eigenvalue weighted by Crippen LogP contribution is 2.22. The van der Waals surface area contributed by atoms with Crippen LogP contribution in [-0.2, 0) is 4.79 Å². The van der Waals surface area contributed by atoms with Gasteiger partial charge in [-0.15, -0.1) is 0 Å². The number of aromatic nitrogens is 1. The van der Waals surface area contributed by atoms with E-state index in [0.29, 0.717) is 16.3 Å². The minimum absolute atomic E-state index is 0.155. The lowest BCUT2D eigenvalue weighted by Crippen LogP contribution is -2.43. The molecule has 0 spiro atoms. The Morgan fingerprint density at radius 3 is 2.61 bits per heavy atom. The number of ketones is 1. The molecule has 3 N–H and O–H groups in total. The normalized spacial score (nSPS) is 10.0. The first kappa shape index (κ1) is 16.6. The second kappa shape index (κ2) is 7.46. The van der Waals surface area contributed by atoms with Crippen LogP contribution in [0.25, 0.3) is 0 Å². The highest BCUT2D eigenvalue weighted by Gasteiger charge is 2.12. The van der Waals surface area contributed by atoms with E-state index in [1.54, 1.807) is 24.3 Å². The lowest BCUT2D eigenvalue weighted by Gasteiger charge is -2.09. The Bertz CT molecular complexity index is 742. The molecule has 0 atom stereocenters.